The molecule has 0 spiro atoms. The van der Waals surface area contributed by atoms with Crippen LogP contribution in [0.5, 0.6) is 0 Å². The lowest BCUT2D eigenvalue weighted by atomic mass is 10.1. The molecule has 1 heterocycles. The van der Waals surface area contributed by atoms with Gasteiger partial charge in [-0.2, -0.15) is 0 Å². The fraction of sp³-hybridized carbons (Fsp3) is 0.833. The van der Waals surface area contributed by atoms with E-state index in [4.69, 9.17) is 15.2 Å². The molecule has 0 aromatic rings. The highest BCUT2D eigenvalue weighted by Gasteiger charge is 2.39. The minimum Gasteiger partial charge on any atom is -0.466 e. The summed E-state index contributed by atoms with van der Waals surface area (Å²) in [6.45, 7) is 8.02. The van der Waals surface area contributed by atoms with Gasteiger partial charge >= 0.3 is 12.1 Å². The molecule has 1 aliphatic heterocycles. The van der Waals surface area contributed by atoms with E-state index in [1.54, 1.807) is 27.7 Å². The molecule has 2 atom stereocenters. The van der Waals surface area contributed by atoms with Gasteiger partial charge in [0.2, 0.25) is 0 Å². The third-order valence-electron chi connectivity index (χ3n) is 2.61. The van der Waals surface area contributed by atoms with Crippen molar-refractivity contribution in [2.45, 2.75) is 39.3 Å². The first-order valence-corrected chi connectivity index (χ1v) is 6.14. The Morgan fingerprint density at radius 3 is 2.44 bits per heavy atom. The molecule has 0 radical (unpaired) electrons. The van der Waals surface area contributed by atoms with E-state index in [1.807, 2.05) is 0 Å². The van der Waals surface area contributed by atoms with Gasteiger partial charge in [-0.05, 0) is 27.7 Å². The summed E-state index contributed by atoms with van der Waals surface area (Å²) in [5.41, 5.74) is 5.30. The largest absolute Gasteiger partial charge is 0.466 e. The van der Waals surface area contributed by atoms with Gasteiger partial charge in [-0.25, -0.2) is 4.79 Å². The third-order valence-corrected chi connectivity index (χ3v) is 2.61. The molecule has 1 amide bonds. The van der Waals surface area contributed by atoms with Crippen LogP contribution in [0.1, 0.15) is 27.7 Å². The molecule has 0 aromatic heterocycles. The standard InChI is InChI=1S/C12H22N2O4/c1-5-17-10(15)8-6-14(7-9(8)13)11(16)18-12(2,3)4/h8-9H,5-7,13H2,1-4H3. The summed E-state index contributed by atoms with van der Waals surface area (Å²) in [5.74, 6) is -0.812. The summed E-state index contributed by atoms with van der Waals surface area (Å²) in [6, 6.07) is -0.392. The lowest BCUT2D eigenvalue weighted by Crippen LogP contribution is -2.36. The number of amides is 1. The molecule has 6 nitrogen and oxygen atoms in total. The van der Waals surface area contributed by atoms with Gasteiger partial charge in [-0.1, -0.05) is 0 Å². The highest BCUT2D eigenvalue weighted by Crippen LogP contribution is 2.20. The van der Waals surface area contributed by atoms with Gasteiger partial charge in [0.25, 0.3) is 0 Å². The quantitative estimate of drug-likeness (QED) is 0.739. The first kappa shape index (κ1) is 14.8. The average molecular weight is 258 g/mol. The van der Waals surface area contributed by atoms with Gasteiger partial charge in [-0.3, -0.25) is 4.79 Å². The van der Waals surface area contributed by atoms with Crippen LogP contribution in [0, 0.1) is 5.92 Å². The van der Waals surface area contributed by atoms with Crippen molar-refractivity contribution in [3.63, 3.8) is 0 Å². The minimum atomic E-state index is -0.552. The zero-order chi connectivity index (χ0) is 13.9. The molecular formula is C12H22N2O4. The number of nitrogens with two attached hydrogens (primary N) is 1. The number of esters is 1. The molecule has 1 fully saturated rings. The van der Waals surface area contributed by atoms with Gasteiger partial charge < -0.3 is 20.1 Å². The van der Waals surface area contributed by atoms with Gasteiger partial charge in [0.15, 0.2) is 0 Å². The second kappa shape index (κ2) is 5.56. The van der Waals surface area contributed by atoms with E-state index in [0.29, 0.717) is 13.2 Å². The molecule has 104 valence electrons. The molecule has 2 N–H and O–H groups in total. The molecule has 0 saturated carbocycles. The zero-order valence-corrected chi connectivity index (χ0v) is 11.4. The van der Waals surface area contributed by atoms with Crippen molar-refractivity contribution in [1.82, 2.24) is 4.90 Å². The predicted molar refractivity (Wildman–Crippen MR) is 65.9 cm³/mol. The van der Waals surface area contributed by atoms with Crippen LogP contribution >= 0.6 is 0 Å². The molecular weight excluding hydrogens is 236 g/mol. The number of hydrogen-bond acceptors (Lipinski definition) is 5. The van der Waals surface area contributed by atoms with E-state index in [0.717, 1.165) is 0 Å². The van der Waals surface area contributed by atoms with Gasteiger partial charge in [0.05, 0.1) is 12.5 Å². The number of rotatable bonds is 2. The van der Waals surface area contributed by atoms with Gasteiger partial charge in [-0.15, -0.1) is 0 Å². The number of nitrogens with zero attached hydrogens (tertiary/aromatic N) is 1. The lowest BCUT2D eigenvalue weighted by Gasteiger charge is -2.24. The Kier molecular flexibility index (Phi) is 4.56. The number of likely N-dealkylation sites (tertiary alicyclic amines) is 1. The SMILES string of the molecule is CCOC(=O)C1CN(C(=O)OC(C)(C)C)CC1N. The average Bonchev–Trinajstić information content (AvgIpc) is 2.58. The van der Waals surface area contributed by atoms with Gasteiger partial charge in [0.1, 0.15) is 5.60 Å². The Balaban J connectivity index is 2.58. The van der Waals surface area contributed by atoms with Crippen LogP contribution in [-0.4, -0.2) is 48.3 Å². The second-order valence-electron chi connectivity index (χ2n) is 5.41. The summed E-state index contributed by atoms with van der Waals surface area (Å²) in [5, 5.41) is 0. The monoisotopic (exact) mass is 258 g/mol. The van der Waals surface area contributed by atoms with Crippen molar-refractivity contribution < 1.29 is 19.1 Å². The van der Waals surface area contributed by atoms with Crippen molar-refractivity contribution in [3.8, 4) is 0 Å². The summed E-state index contributed by atoms with van der Waals surface area (Å²) in [6.07, 6.45) is -0.440. The Morgan fingerprint density at radius 1 is 1.33 bits per heavy atom. The molecule has 0 bridgehead atoms. The maximum absolute atomic E-state index is 11.8. The van der Waals surface area contributed by atoms with Crippen LogP contribution in [0.3, 0.4) is 0 Å². The minimum absolute atomic E-state index is 0.259. The Hall–Kier alpha value is -1.30. The van der Waals surface area contributed by atoms with Gasteiger partial charge in [0, 0.05) is 19.1 Å². The Bertz CT molecular complexity index is 325. The highest BCUT2D eigenvalue weighted by atomic mass is 16.6. The molecule has 6 heteroatoms. The molecule has 18 heavy (non-hydrogen) atoms. The number of carbonyl (C=O) groups is 2. The van der Waals surface area contributed by atoms with Crippen molar-refractivity contribution in [3.05, 3.63) is 0 Å². The van der Waals surface area contributed by atoms with E-state index in [1.165, 1.54) is 4.90 Å². The highest BCUT2D eigenvalue weighted by molar-refractivity contribution is 5.76. The molecule has 0 aliphatic carbocycles. The number of ether oxygens (including phenoxy) is 2. The summed E-state index contributed by atoms with van der Waals surface area (Å²) in [4.78, 5) is 24.9. The smallest absolute Gasteiger partial charge is 0.410 e. The van der Waals surface area contributed by atoms with Crippen molar-refractivity contribution in [2.75, 3.05) is 19.7 Å². The maximum atomic E-state index is 11.8. The lowest BCUT2D eigenvalue weighted by molar-refractivity contribution is -0.147. The van der Waals surface area contributed by atoms with E-state index in [-0.39, 0.29) is 12.5 Å². The van der Waals surface area contributed by atoms with Crippen LogP contribution in [-0.2, 0) is 14.3 Å². The fourth-order valence-corrected chi connectivity index (χ4v) is 1.80. The number of hydrogen-bond donors (Lipinski definition) is 1. The topological polar surface area (TPSA) is 81.9 Å². The summed E-state index contributed by atoms with van der Waals surface area (Å²) >= 11 is 0. The van der Waals surface area contributed by atoms with E-state index >= 15 is 0 Å². The Labute approximate surface area is 107 Å². The molecule has 1 aliphatic rings. The maximum Gasteiger partial charge on any atom is 0.410 e. The molecule has 0 aromatic carbocycles. The van der Waals surface area contributed by atoms with Crippen LogP contribution in [0.4, 0.5) is 4.79 Å². The third kappa shape index (κ3) is 3.87. The van der Waals surface area contributed by atoms with Crippen LogP contribution in [0.25, 0.3) is 0 Å². The first-order valence-electron chi connectivity index (χ1n) is 6.14. The fourth-order valence-electron chi connectivity index (χ4n) is 1.80. The summed E-state index contributed by atoms with van der Waals surface area (Å²) in [7, 11) is 0. The molecule has 1 saturated heterocycles. The summed E-state index contributed by atoms with van der Waals surface area (Å²) < 4.78 is 10.2. The van der Waals surface area contributed by atoms with E-state index < -0.39 is 23.7 Å². The van der Waals surface area contributed by atoms with Crippen LogP contribution in [0.2, 0.25) is 0 Å². The van der Waals surface area contributed by atoms with Crippen LogP contribution < -0.4 is 5.73 Å². The normalized spacial score (nSPS) is 23.9. The van der Waals surface area contributed by atoms with E-state index in [9.17, 15) is 9.59 Å². The van der Waals surface area contributed by atoms with Crippen molar-refractivity contribution in [2.24, 2.45) is 11.7 Å². The van der Waals surface area contributed by atoms with Crippen LogP contribution in [0.15, 0.2) is 0 Å². The van der Waals surface area contributed by atoms with Crippen molar-refractivity contribution in [1.29, 1.82) is 0 Å². The second-order valence-corrected chi connectivity index (χ2v) is 5.41. The zero-order valence-electron chi connectivity index (χ0n) is 11.4. The molecule has 1 rings (SSSR count). The van der Waals surface area contributed by atoms with Crippen molar-refractivity contribution >= 4 is 12.1 Å². The number of carbonyl (C=O) groups excluding carboxylic acids is 2. The molecule has 2 unspecified atom stereocenters. The van der Waals surface area contributed by atoms with E-state index in [2.05, 4.69) is 0 Å². The first-order chi connectivity index (χ1) is 8.24. The predicted octanol–water partition coefficient (Wildman–Crippen LogP) is 0.744. The Morgan fingerprint density at radius 2 is 1.94 bits per heavy atom.